The van der Waals surface area contributed by atoms with Gasteiger partial charge in [-0.15, -0.1) is 0 Å². The van der Waals surface area contributed by atoms with E-state index in [1.807, 2.05) is 13.0 Å². The zero-order chi connectivity index (χ0) is 12.8. The fraction of sp³-hybridized carbons (Fsp3) is 0.417. The van der Waals surface area contributed by atoms with E-state index < -0.39 is 5.97 Å². The molecule has 0 heterocycles. The minimum atomic E-state index is -0.860. The van der Waals surface area contributed by atoms with E-state index in [2.05, 4.69) is 0 Å². The molecule has 1 N–H and O–H groups in total. The number of hydrogen-bond donors (Lipinski definition) is 1. The third-order valence-electron chi connectivity index (χ3n) is 2.44. The van der Waals surface area contributed by atoms with Gasteiger partial charge in [-0.2, -0.15) is 0 Å². The Morgan fingerprint density at radius 2 is 1.94 bits per heavy atom. The number of carboxylic acid groups (broad SMARTS) is 1. The predicted octanol–water partition coefficient (Wildman–Crippen LogP) is 1.61. The molecule has 5 nitrogen and oxygen atoms in total. The molecule has 0 aliphatic heterocycles. The van der Waals surface area contributed by atoms with Crippen LogP contribution in [-0.4, -0.2) is 38.4 Å². The molecule has 0 spiro atoms. The normalized spacial score (nSPS) is 9.82. The zero-order valence-corrected chi connectivity index (χ0v) is 10.3. The van der Waals surface area contributed by atoms with Gasteiger partial charge in [-0.1, -0.05) is 0 Å². The summed E-state index contributed by atoms with van der Waals surface area (Å²) in [6.45, 7) is 2.48. The lowest BCUT2D eigenvalue weighted by atomic mass is 10.2. The van der Waals surface area contributed by atoms with E-state index >= 15 is 0 Å². The summed E-state index contributed by atoms with van der Waals surface area (Å²) in [6, 6.07) is 5.34. The molecule has 0 fully saturated rings. The number of likely N-dealkylation sites (N-methyl/N-ethyl adjacent to an activating group) is 1. The number of carbonyl (C=O) groups is 1. The van der Waals surface area contributed by atoms with E-state index in [4.69, 9.17) is 14.6 Å². The van der Waals surface area contributed by atoms with Crippen LogP contribution < -0.4 is 14.4 Å². The Balaban J connectivity index is 3.00. The molecule has 0 saturated heterocycles. The number of carboxylic acids is 1. The average molecular weight is 239 g/mol. The van der Waals surface area contributed by atoms with Crippen LogP contribution in [0.1, 0.15) is 6.92 Å². The van der Waals surface area contributed by atoms with Crippen molar-refractivity contribution in [3.05, 3.63) is 18.2 Å². The fourth-order valence-corrected chi connectivity index (χ4v) is 1.57. The number of benzene rings is 1. The summed E-state index contributed by atoms with van der Waals surface area (Å²) >= 11 is 0. The van der Waals surface area contributed by atoms with E-state index in [9.17, 15) is 4.79 Å². The van der Waals surface area contributed by atoms with Crippen molar-refractivity contribution in [3.63, 3.8) is 0 Å². The SMILES string of the molecule is CCN(CC(=O)O)c1ccc(OC)c(OC)c1. The largest absolute Gasteiger partial charge is 0.493 e. The number of nitrogens with zero attached hydrogens (tertiary/aromatic N) is 1. The van der Waals surface area contributed by atoms with Crippen LogP contribution in [0, 0.1) is 0 Å². The second kappa shape index (κ2) is 5.98. The van der Waals surface area contributed by atoms with Crippen LogP contribution in [0.5, 0.6) is 11.5 Å². The molecule has 0 saturated carbocycles. The first-order valence-electron chi connectivity index (χ1n) is 5.31. The Bertz CT molecular complexity index is 392. The Labute approximate surface area is 101 Å². The molecule has 94 valence electrons. The molecule has 0 unspecified atom stereocenters. The molecule has 0 bridgehead atoms. The minimum Gasteiger partial charge on any atom is -0.493 e. The van der Waals surface area contributed by atoms with Crippen molar-refractivity contribution >= 4 is 11.7 Å². The highest BCUT2D eigenvalue weighted by Gasteiger charge is 2.11. The van der Waals surface area contributed by atoms with Gasteiger partial charge in [0.25, 0.3) is 0 Å². The summed E-state index contributed by atoms with van der Waals surface area (Å²) in [5.41, 5.74) is 0.799. The topological polar surface area (TPSA) is 59.0 Å². The van der Waals surface area contributed by atoms with Crippen molar-refractivity contribution in [2.45, 2.75) is 6.92 Å². The molecule has 0 aromatic heterocycles. The lowest BCUT2D eigenvalue weighted by Crippen LogP contribution is -2.29. The predicted molar refractivity (Wildman–Crippen MR) is 65.1 cm³/mol. The Hall–Kier alpha value is -1.91. The number of ether oxygens (including phenoxy) is 2. The number of hydrogen-bond acceptors (Lipinski definition) is 4. The first kappa shape index (κ1) is 13.2. The maximum absolute atomic E-state index is 10.7. The lowest BCUT2D eigenvalue weighted by molar-refractivity contribution is -0.135. The van der Waals surface area contributed by atoms with E-state index in [0.717, 1.165) is 5.69 Å². The van der Waals surface area contributed by atoms with Crippen molar-refractivity contribution in [1.29, 1.82) is 0 Å². The van der Waals surface area contributed by atoms with Crippen LogP contribution in [0.15, 0.2) is 18.2 Å². The van der Waals surface area contributed by atoms with E-state index in [1.165, 1.54) is 0 Å². The van der Waals surface area contributed by atoms with Gasteiger partial charge in [-0.05, 0) is 19.1 Å². The molecule has 0 aliphatic rings. The Morgan fingerprint density at radius 1 is 1.29 bits per heavy atom. The second-order valence-corrected chi connectivity index (χ2v) is 3.45. The number of rotatable bonds is 6. The van der Waals surface area contributed by atoms with Crippen molar-refractivity contribution in [3.8, 4) is 11.5 Å². The highest BCUT2D eigenvalue weighted by molar-refractivity contribution is 5.74. The molecular formula is C12H17NO4. The van der Waals surface area contributed by atoms with Gasteiger partial charge >= 0.3 is 5.97 Å². The molecule has 0 amide bonds. The monoisotopic (exact) mass is 239 g/mol. The van der Waals surface area contributed by atoms with Crippen LogP contribution in [-0.2, 0) is 4.79 Å². The summed E-state index contributed by atoms with van der Waals surface area (Å²) in [5, 5.41) is 8.81. The van der Waals surface area contributed by atoms with Gasteiger partial charge in [0, 0.05) is 18.3 Å². The summed E-state index contributed by atoms with van der Waals surface area (Å²) in [4.78, 5) is 12.5. The molecule has 5 heteroatoms. The number of aliphatic carboxylic acids is 1. The Morgan fingerprint density at radius 3 is 2.41 bits per heavy atom. The van der Waals surface area contributed by atoms with Crippen LogP contribution >= 0.6 is 0 Å². The van der Waals surface area contributed by atoms with Crippen molar-refractivity contribution in [2.75, 3.05) is 32.2 Å². The molecule has 0 aliphatic carbocycles. The maximum Gasteiger partial charge on any atom is 0.323 e. The molecule has 1 rings (SSSR count). The molecule has 0 atom stereocenters. The van der Waals surface area contributed by atoms with Gasteiger partial charge in [-0.3, -0.25) is 4.79 Å². The summed E-state index contributed by atoms with van der Waals surface area (Å²) in [5.74, 6) is 0.359. The average Bonchev–Trinajstić information content (AvgIpc) is 2.34. The summed E-state index contributed by atoms with van der Waals surface area (Å²) in [6.07, 6.45) is 0. The van der Waals surface area contributed by atoms with E-state index in [-0.39, 0.29) is 6.54 Å². The molecule has 17 heavy (non-hydrogen) atoms. The number of methoxy groups -OCH3 is 2. The van der Waals surface area contributed by atoms with Gasteiger partial charge in [-0.25, -0.2) is 0 Å². The maximum atomic E-state index is 10.7. The third kappa shape index (κ3) is 3.27. The highest BCUT2D eigenvalue weighted by atomic mass is 16.5. The number of anilines is 1. The van der Waals surface area contributed by atoms with Crippen molar-refractivity contribution in [2.24, 2.45) is 0 Å². The van der Waals surface area contributed by atoms with Gasteiger partial charge < -0.3 is 19.5 Å². The minimum absolute atomic E-state index is 0.0357. The standard InChI is InChI=1S/C12H17NO4/c1-4-13(8-12(14)15)9-5-6-10(16-2)11(7-9)17-3/h5-7H,4,8H2,1-3H3,(H,14,15). The quantitative estimate of drug-likeness (QED) is 0.817. The van der Waals surface area contributed by atoms with E-state index in [0.29, 0.717) is 18.0 Å². The van der Waals surface area contributed by atoms with Crippen LogP contribution in [0.4, 0.5) is 5.69 Å². The highest BCUT2D eigenvalue weighted by Crippen LogP contribution is 2.31. The summed E-state index contributed by atoms with van der Waals surface area (Å²) < 4.78 is 10.3. The molecule has 1 aromatic rings. The lowest BCUT2D eigenvalue weighted by Gasteiger charge is -2.21. The van der Waals surface area contributed by atoms with Crippen molar-refractivity contribution < 1.29 is 19.4 Å². The van der Waals surface area contributed by atoms with Crippen LogP contribution in [0.25, 0.3) is 0 Å². The Kier molecular flexibility index (Phi) is 4.63. The van der Waals surface area contributed by atoms with Gasteiger partial charge in [0.15, 0.2) is 11.5 Å². The van der Waals surface area contributed by atoms with Crippen LogP contribution in [0.3, 0.4) is 0 Å². The smallest absolute Gasteiger partial charge is 0.323 e. The van der Waals surface area contributed by atoms with Gasteiger partial charge in [0.1, 0.15) is 6.54 Å². The molecule has 1 aromatic carbocycles. The second-order valence-electron chi connectivity index (χ2n) is 3.45. The molecular weight excluding hydrogens is 222 g/mol. The molecule has 0 radical (unpaired) electrons. The van der Waals surface area contributed by atoms with Gasteiger partial charge in [0.2, 0.25) is 0 Å². The van der Waals surface area contributed by atoms with Crippen molar-refractivity contribution in [1.82, 2.24) is 0 Å². The van der Waals surface area contributed by atoms with Gasteiger partial charge in [0.05, 0.1) is 14.2 Å². The first-order chi connectivity index (χ1) is 8.12. The van der Waals surface area contributed by atoms with E-state index in [1.54, 1.807) is 31.3 Å². The summed E-state index contributed by atoms with van der Waals surface area (Å²) in [7, 11) is 3.11. The fourth-order valence-electron chi connectivity index (χ4n) is 1.57. The van der Waals surface area contributed by atoms with Crippen LogP contribution in [0.2, 0.25) is 0 Å². The zero-order valence-electron chi connectivity index (χ0n) is 10.3. The first-order valence-corrected chi connectivity index (χ1v) is 5.31. The third-order valence-corrected chi connectivity index (χ3v) is 2.44.